The maximum absolute atomic E-state index is 12.2. The number of carbonyl (C=O) groups excluding carboxylic acids is 2. The van der Waals surface area contributed by atoms with Gasteiger partial charge in [0.05, 0.1) is 6.04 Å². The molecule has 0 saturated carbocycles. The van der Waals surface area contributed by atoms with Crippen molar-refractivity contribution in [2.45, 2.75) is 26.3 Å². The van der Waals surface area contributed by atoms with Crippen molar-refractivity contribution in [3.8, 4) is 0 Å². The number of hydrogen-bond donors (Lipinski definition) is 2. The van der Waals surface area contributed by atoms with Crippen molar-refractivity contribution in [1.82, 2.24) is 5.32 Å². The van der Waals surface area contributed by atoms with Crippen molar-refractivity contribution in [3.05, 3.63) is 59.7 Å². The Hall–Kier alpha value is -2.82. The van der Waals surface area contributed by atoms with Gasteiger partial charge in [0.2, 0.25) is 5.91 Å². The fraction of sp³-hybridized carbons (Fsp3) is 0.263. The van der Waals surface area contributed by atoms with Crippen LogP contribution in [0.25, 0.3) is 0 Å². The van der Waals surface area contributed by atoms with Gasteiger partial charge in [-0.25, -0.2) is 4.79 Å². The van der Waals surface area contributed by atoms with Crippen molar-refractivity contribution >= 4 is 23.3 Å². The normalized spacial score (nSPS) is 17.0. The van der Waals surface area contributed by atoms with Crippen LogP contribution < -0.4 is 15.5 Å². The summed E-state index contributed by atoms with van der Waals surface area (Å²) in [6.45, 7) is 4.52. The summed E-state index contributed by atoms with van der Waals surface area (Å²) in [5.41, 5.74) is 3.92. The van der Waals surface area contributed by atoms with Crippen LogP contribution in [0.3, 0.4) is 0 Å². The largest absolute Gasteiger partial charge is 0.333 e. The summed E-state index contributed by atoms with van der Waals surface area (Å²) in [6.07, 6.45) is 0.315. The first-order chi connectivity index (χ1) is 11.5. The molecule has 124 valence electrons. The molecule has 1 atom stereocenters. The molecule has 0 bridgehead atoms. The summed E-state index contributed by atoms with van der Waals surface area (Å²) in [7, 11) is 0. The highest BCUT2D eigenvalue weighted by Crippen LogP contribution is 2.21. The highest BCUT2D eigenvalue weighted by atomic mass is 16.2. The van der Waals surface area contributed by atoms with E-state index in [0.717, 1.165) is 16.9 Å². The summed E-state index contributed by atoms with van der Waals surface area (Å²) < 4.78 is 0. The third-order valence-corrected chi connectivity index (χ3v) is 4.29. The highest BCUT2D eigenvalue weighted by Gasteiger charge is 2.31. The number of anilines is 2. The first-order valence-electron chi connectivity index (χ1n) is 8.03. The van der Waals surface area contributed by atoms with Crippen molar-refractivity contribution in [3.63, 3.8) is 0 Å². The molecule has 0 aliphatic carbocycles. The zero-order chi connectivity index (χ0) is 17.1. The van der Waals surface area contributed by atoms with Crippen molar-refractivity contribution < 1.29 is 9.59 Å². The van der Waals surface area contributed by atoms with E-state index < -0.39 is 0 Å². The van der Waals surface area contributed by atoms with Crippen molar-refractivity contribution in [2.24, 2.45) is 0 Å². The van der Waals surface area contributed by atoms with Crippen molar-refractivity contribution in [2.75, 3.05) is 16.8 Å². The maximum Gasteiger partial charge on any atom is 0.319 e. The van der Waals surface area contributed by atoms with E-state index in [0.29, 0.717) is 13.0 Å². The van der Waals surface area contributed by atoms with E-state index in [2.05, 4.69) is 10.6 Å². The SMILES string of the molecule is Cc1ccc(NC(=O)N[C@@H]2CC(=O)N(c3ccccc3)C2)cc1C. The van der Waals surface area contributed by atoms with Crippen LogP contribution in [-0.2, 0) is 4.79 Å². The third kappa shape index (κ3) is 3.56. The lowest BCUT2D eigenvalue weighted by molar-refractivity contribution is -0.117. The Balaban J connectivity index is 1.59. The number of nitrogens with zero attached hydrogens (tertiary/aromatic N) is 1. The molecule has 5 heteroatoms. The molecule has 2 aromatic carbocycles. The standard InChI is InChI=1S/C19H21N3O2/c1-13-8-9-15(10-14(13)2)20-19(24)21-16-11-18(23)22(12-16)17-6-4-3-5-7-17/h3-10,16H,11-12H2,1-2H3,(H2,20,21,24)/t16-/m1/s1. The van der Waals surface area contributed by atoms with E-state index >= 15 is 0 Å². The Morgan fingerprint density at radius 2 is 1.83 bits per heavy atom. The molecule has 0 spiro atoms. The van der Waals surface area contributed by atoms with Crippen LogP contribution in [0.15, 0.2) is 48.5 Å². The van der Waals surface area contributed by atoms with Gasteiger partial charge in [0.25, 0.3) is 0 Å². The lowest BCUT2D eigenvalue weighted by Crippen LogP contribution is -2.39. The first kappa shape index (κ1) is 16.1. The molecule has 1 aliphatic heterocycles. The second-order valence-corrected chi connectivity index (χ2v) is 6.14. The molecule has 3 amide bonds. The average molecular weight is 323 g/mol. The Morgan fingerprint density at radius 3 is 2.54 bits per heavy atom. The van der Waals surface area contributed by atoms with Crippen LogP contribution in [-0.4, -0.2) is 24.5 Å². The summed E-state index contributed by atoms with van der Waals surface area (Å²) in [5, 5.41) is 5.71. The summed E-state index contributed by atoms with van der Waals surface area (Å²) >= 11 is 0. The number of amides is 3. The van der Waals surface area contributed by atoms with E-state index in [1.165, 1.54) is 5.56 Å². The fourth-order valence-electron chi connectivity index (χ4n) is 2.83. The number of urea groups is 1. The fourth-order valence-corrected chi connectivity index (χ4v) is 2.83. The summed E-state index contributed by atoms with van der Waals surface area (Å²) in [6, 6.07) is 14.8. The number of carbonyl (C=O) groups is 2. The average Bonchev–Trinajstić information content (AvgIpc) is 2.92. The number of nitrogens with one attached hydrogen (secondary N) is 2. The monoisotopic (exact) mass is 323 g/mol. The zero-order valence-electron chi connectivity index (χ0n) is 13.9. The minimum atomic E-state index is -0.286. The second-order valence-electron chi connectivity index (χ2n) is 6.14. The molecular weight excluding hydrogens is 302 g/mol. The van der Waals surface area contributed by atoms with E-state index in [1.54, 1.807) is 4.90 Å². The maximum atomic E-state index is 12.2. The predicted molar refractivity (Wildman–Crippen MR) is 95.3 cm³/mol. The lowest BCUT2D eigenvalue weighted by atomic mass is 10.1. The van der Waals surface area contributed by atoms with Gasteiger partial charge >= 0.3 is 6.03 Å². The molecule has 1 fully saturated rings. The number of hydrogen-bond acceptors (Lipinski definition) is 2. The molecule has 0 unspecified atom stereocenters. The summed E-state index contributed by atoms with van der Waals surface area (Å²) in [4.78, 5) is 26.0. The predicted octanol–water partition coefficient (Wildman–Crippen LogP) is 3.23. The zero-order valence-corrected chi connectivity index (χ0v) is 13.9. The van der Waals surface area contributed by atoms with Gasteiger partial charge in [-0.3, -0.25) is 4.79 Å². The van der Waals surface area contributed by atoms with Crippen LogP contribution in [0, 0.1) is 13.8 Å². The molecule has 1 aliphatic rings. The molecule has 2 N–H and O–H groups in total. The van der Waals surface area contributed by atoms with Gasteiger partial charge < -0.3 is 15.5 Å². The van der Waals surface area contributed by atoms with Crippen LogP contribution in [0.5, 0.6) is 0 Å². The molecule has 5 nitrogen and oxygen atoms in total. The molecule has 1 saturated heterocycles. The quantitative estimate of drug-likeness (QED) is 0.911. The number of benzene rings is 2. The molecule has 3 rings (SSSR count). The van der Waals surface area contributed by atoms with E-state index in [-0.39, 0.29) is 18.0 Å². The third-order valence-electron chi connectivity index (χ3n) is 4.29. The molecular formula is C19H21N3O2. The molecule has 0 aromatic heterocycles. The Labute approximate surface area is 141 Å². The van der Waals surface area contributed by atoms with E-state index in [9.17, 15) is 9.59 Å². The van der Waals surface area contributed by atoms with Crippen LogP contribution in [0.2, 0.25) is 0 Å². The Bertz CT molecular complexity index is 758. The van der Waals surface area contributed by atoms with E-state index in [1.807, 2.05) is 62.4 Å². The molecule has 2 aromatic rings. The topological polar surface area (TPSA) is 61.4 Å². The molecule has 24 heavy (non-hydrogen) atoms. The van der Waals surface area contributed by atoms with Crippen LogP contribution >= 0.6 is 0 Å². The number of rotatable bonds is 3. The van der Waals surface area contributed by atoms with Crippen LogP contribution in [0.4, 0.5) is 16.2 Å². The second kappa shape index (κ2) is 6.74. The number of aryl methyl sites for hydroxylation is 2. The van der Waals surface area contributed by atoms with Gasteiger partial charge in [0.15, 0.2) is 0 Å². The smallest absolute Gasteiger partial charge is 0.319 e. The Kier molecular flexibility index (Phi) is 4.51. The Morgan fingerprint density at radius 1 is 1.08 bits per heavy atom. The van der Waals surface area contributed by atoms with Gasteiger partial charge in [-0.1, -0.05) is 24.3 Å². The van der Waals surface area contributed by atoms with Crippen LogP contribution in [0.1, 0.15) is 17.5 Å². The minimum absolute atomic E-state index is 0.0256. The lowest BCUT2D eigenvalue weighted by Gasteiger charge is -2.17. The minimum Gasteiger partial charge on any atom is -0.333 e. The molecule has 1 heterocycles. The summed E-state index contributed by atoms with van der Waals surface area (Å²) in [5.74, 6) is 0.0256. The van der Waals surface area contributed by atoms with E-state index in [4.69, 9.17) is 0 Å². The highest BCUT2D eigenvalue weighted by molar-refractivity contribution is 5.97. The van der Waals surface area contributed by atoms with Gasteiger partial charge in [0.1, 0.15) is 0 Å². The van der Waals surface area contributed by atoms with Gasteiger partial charge in [-0.15, -0.1) is 0 Å². The van der Waals surface area contributed by atoms with Gasteiger partial charge in [0, 0.05) is 24.3 Å². The van der Waals surface area contributed by atoms with Gasteiger partial charge in [-0.05, 0) is 49.2 Å². The number of para-hydroxylation sites is 1. The van der Waals surface area contributed by atoms with Crippen molar-refractivity contribution in [1.29, 1.82) is 0 Å². The van der Waals surface area contributed by atoms with Gasteiger partial charge in [-0.2, -0.15) is 0 Å². The molecule has 0 radical (unpaired) electrons. The first-order valence-corrected chi connectivity index (χ1v) is 8.03.